The summed E-state index contributed by atoms with van der Waals surface area (Å²) in [5.41, 5.74) is 2.23. The highest BCUT2D eigenvalue weighted by Crippen LogP contribution is 2.29. The summed E-state index contributed by atoms with van der Waals surface area (Å²) in [6, 6.07) is 11.5. The molecule has 0 radical (unpaired) electrons. The first-order valence-corrected chi connectivity index (χ1v) is 11.7. The number of hydrogen-bond donors (Lipinski definition) is 0. The van der Waals surface area contributed by atoms with Gasteiger partial charge in [0.15, 0.2) is 0 Å². The highest BCUT2D eigenvalue weighted by atomic mass is 35.5. The molecule has 9 nitrogen and oxygen atoms in total. The lowest BCUT2D eigenvalue weighted by Gasteiger charge is -2.36. The lowest BCUT2D eigenvalue weighted by Crippen LogP contribution is -2.49. The van der Waals surface area contributed by atoms with Gasteiger partial charge in [0.05, 0.1) is 30.2 Å². The van der Waals surface area contributed by atoms with Crippen molar-refractivity contribution in [2.45, 2.75) is 19.6 Å². The largest absolute Gasteiger partial charge is 0.442 e. The lowest BCUT2D eigenvalue weighted by atomic mass is 10.1. The number of piperazine rings is 1. The van der Waals surface area contributed by atoms with Crippen LogP contribution in [0.2, 0.25) is 5.02 Å². The van der Waals surface area contributed by atoms with Crippen molar-refractivity contribution in [2.75, 3.05) is 42.5 Å². The zero-order chi connectivity index (χ0) is 24.5. The van der Waals surface area contributed by atoms with Gasteiger partial charge in [-0.1, -0.05) is 16.8 Å². The van der Waals surface area contributed by atoms with Crippen molar-refractivity contribution in [1.29, 1.82) is 0 Å². The van der Waals surface area contributed by atoms with E-state index in [1.54, 1.807) is 52.2 Å². The van der Waals surface area contributed by atoms with Gasteiger partial charge in [-0.05, 0) is 49.4 Å². The molecule has 5 rings (SSSR count). The molecule has 2 saturated heterocycles. The van der Waals surface area contributed by atoms with Gasteiger partial charge in [0.1, 0.15) is 11.9 Å². The molecule has 1 atom stereocenters. The molecule has 2 fully saturated rings. The van der Waals surface area contributed by atoms with Crippen molar-refractivity contribution < 1.29 is 18.7 Å². The van der Waals surface area contributed by atoms with E-state index >= 15 is 4.39 Å². The summed E-state index contributed by atoms with van der Waals surface area (Å²) >= 11 is 5.90. The molecule has 0 unspecified atom stereocenters. The van der Waals surface area contributed by atoms with Crippen molar-refractivity contribution >= 4 is 35.0 Å². The number of aryl methyl sites for hydroxylation is 1. The number of hydrogen-bond acceptors (Lipinski definition) is 6. The first-order chi connectivity index (χ1) is 16.9. The van der Waals surface area contributed by atoms with Gasteiger partial charge < -0.3 is 14.5 Å². The highest BCUT2D eigenvalue weighted by molar-refractivity contribution is 6.30. The molecule has 2 amide bonds. The number of ether oxygens (including phenoxy) is 1. The van der Waals surface area contributed by atoms with Crippen LogP contribution in [0, 0.1) is 12.7 Å². The van der Waals surface area contributed by atoms with E-state index in [2.05, 4.69) is 10.3 Å². The van der Waals surface area contributed by atoms with E-state index in [0.717, 1.165) is 5.69 Å². The van der Waals surface area contributed by atoms with Crippen LogP contribution >= 0.6 is 11.6 Å². The van der Waals surface area contributed by atoms with E-state index in [-0.39, 0.29) is 5.91 Å². The third-order valence-corrected chi connectivity index (χ3v) is 6.41. The van der Waals surface area contributed by atoms with Crippen LogP contribution in [0.5, 0.6) is 0 Å². The molecule has 2 aliphatic heterocycles. The van der Waals surface area contributed by atoms with E-state index in [4.69, 9.17) is 16.3 Å². The maximum atomic E-state index is 15.1. The van der Waals surface area contributed by atoms with Gasteiger partial charge in [0.2, 0.25) is 0 Å². The van der Waals surface area contributed by atoms with Gasteiger partial charge in [0, 0.05) is 43.0 Å². The molecule has 1 aromatic heterocycles. The normalized spacial score (nSPS) is 18.2. The standard InChI is InChI=1S/C24H24ClFN6O3/c1-16-13-31(28-27-16)14-20-15-32(24(34)35-20)19-6-7-22(21(26)12-19)29-8-10-30(11-9-29)23(33)17-2-4-18(25)5-3-17/h2-7,12-13,20H,8-11,14-15H2,1H3/t20-/m0/s1. The van der Waals surface area contributed by atoms with Crippen LogP contribution in [0.25, 0.3) is 0 Å². The molecular formula is C24H24ClFN6O3. The topological polar surface area (TPSA) is 83.8 Å². The quantitative estimate of drug-likeness (QED) is 0.536. The number of amides is 2. The molecule has 3 heterocycles. The van der Waals surface area contributed by atoms with Gasteiger partial charge in [-0.15, -0.1) is 5.10 Å². The van der Waals surface area contributed by atoms with E-state index in [1.807, 2.05) is 11.8 Å². The van der Waals surface area contributed by atoms with Gasteiger partial charge in [-0.25, -0.2) is 13.9 Å². The Hall–Kier alpha value is -3.66. The van der Waals surface area contributed by atoms with Crippen LogP contribution in [0.1, 0.15) is 16.1 Å². The summed E-state index contributed by atoms with van der Waals surface area (Å²) in [4.78, 5) is 30.2. The van der Waals surface area contributed by atoms with Crippen molar-refractivity contribution in [3.8, 4) is 0 Å². The minimum absolute atomic E-state index is 0.0692. The molecule has 0 N–H and O–H groups in total. The third-order valence-electron chi connectivity index (χ3n) is 6.16. The molecule has 182 valence electrons. The van der Waals surface area contributed by atoms with Crippen LogP contribution in [-0.4, -0.2) is 70.7 Å². The number of benzene rings is 2. The Kier molecular flexibility index (Phi) is 6.29. The molecule has 11 heteroatoms. The van der Waals surface area contributed by atoms with Crippen molar-refractivity contribution in [1.82, 2.24) is 19.9 Å². The average Bonchev–Trinajstić information content (AvgIpc) is 3.43. The Balaban J connectivity index is 1.21. The number of anilines is 2. The number of halogens is 2. The molecule has 0 aliphatic carbocycles. The summed E-state index contributed by atoms with van der Waals surface area (Å²) in [6.07, 6.45) is 0.846. The van der Waals surface area contributed by atoms with Crippen molar-refractivity contribution in [3.63, 3.8) is 0 Å². The monoisotopic (exact) mass is 498 g/mol. The number of cyclic esters (lactones) is 1. The Labute approximate surface area is 206 Å². The number of rotatable bonds is 5. The van der Waals surface area contributed by atoms with E-state index in [1.165, 1.54) is 11.0 Å². The zero-order valence-electron chi connectivity index (χ0n) is 19.1. The predicted molar refractivity (Wildman–Crippen MR) is 128 cm³/mol. The van der Waals surface area contributed by atoms with Gasteiger partial charge in [-0.2, -0.15) is 0 Å². The molecule has 3 aromatic rings. The van der Waals surface area contributed by atoms with Crippen LogP contribution in [0.4, 0.5) is 20.6 Å². The SMILES string of the molecule is Cc1cn(C[C@H]2CN(c3ccc(N4CCN(C(=O)c5ccc(Cl)cc5)CC4)c(F)c3)C(=O)O2)nn1. The maximum Gasteiger partial charge on any atom is 0.414 e. The molecule has 35 heavy (non-hydrogen) atoms. The van der Waals surface area contributed by atoms with E-state index < -0.39 is 18.0 Å². The summed E-state index contributed by atoms with van der Waals surface area (Å²) in [6.45, 7) is 4.46. The fourth-order valence-electron chi connectivity index (χ4n) is 4.37. The molecule has 2 aromatic carbocycles. The summed E-state index contributed by atoms with van der Waals surface area (Å²) in [5, 5.41) is 8.49. The molecule has 0 saturated carbocycles. The number of carbonyl (C=O) groups excluding carboxylic acids is 2. The summed E-state index contributed by atoms with van der Waals surface area (Å²) < 4.78 is 22.1. The summed E-state index contributed by atoms with van der Waals surface area (Å²) in [5.74, 6) is -0.497. The number of aromatic nitrogens is 3. The Bertz CT molecular complexity index is 1240. The third kappa shape index (κ3) is 4.93. The van der Waals surface area contributed by atoms with Gasteiger partial charge in [0.25, 0.3) is 5.91 Å². The highest BCUT2D eigenvalue weighted by Gasteiger charge is 2.33. The molecule has 2 aliphatic rings. The maximum absolute atomic E-state index is 15.1. The minimum Gasteiger partial charge on any atom is -0.442 e. The van der Waals surface area contributed by atoms with Crippen molar-refractivity contribution in [2.24, 2.45) is 0 Å². The summed E-state index contributed by atoms with van der Waals surface area (Å²) in [7, 11) is 0. The van der Waals surface area contributed by atoms with E-state index in [9.17, 15) is 9.59 Å². The first kappa shape index (κ1) is 23.1. The smallest absolute Gasteiger partial charge is 0.414 e. The predicted octanol–water partition coefficient (Wildman–Crippen LogP) is 3.37. The fourth-order valence-corrected chi connectivity index (χ4v) is 4.49. The Morgan fingerprint density at radius 1 is 1.14 bits per heavy atom. The Morgan fingerprint density at radius 3 is 2.54 bits per heavy atom. The second-order valence-corrected chi connectivity index (χ2v) is 9.06. The molecular weight excluding hydrogens is 475 g/mol. The number of nitrogens with zero attached hydrogens (tertiary/aromatic N) is 6. The first-order valence-electron chi connectivity index (χ1n) is 11.3. The minimum atomic E-state index is -0.520. The lowest BCUT2D eigenvalue weighted by molar-refractivity contribution is 0.0746. The second kappa shape index (κ2) is 9.53. The van der Waals surface area contributed by atoms with Crippen molar-refractivity contribution in [3.05, 3.63) is 70.8 Å². The second-order valence-electron chi connectivity index (χ2n) is 8.62. The van der Waals surface area contributed by atoms with Crippen LogP contribution in [-0.2, 0) is 11.3 Å². The fraction of sp³-hybridized carbons (Fsp3) is 0.333. The average molecular weight is 499 g/mol. The zero-order valence-corrected chi connectivity index (χ0v) is 19.9. The molecule has 0 bridgehead atoms. The van der Waals surface area contributed by atoms with Crippen LogP contribution in [0.15, 0.2) is 48.7 Å². The van der Waals surface area contributed by atoms with Gasteiger partial charge in [-0.3, -0.25) is 9.69 Å². The van der Waals surface area contributed by atoms with Crippen LogP contribution < -0.4 is 9.80 Å². The Morgan fingerprint density at radius 2 is 1.89 bits per heavy atom. The van der Waals surface area contributed by atoms with Gasteiger partial charge >= 0.3 is 6.09 Å². The number of carbonyl (C=O) groups is 2. The molecule has 0 spiro atoms. The van der Waals surface area contributed by atoms with Crippen LogP contribution in [0.3, 0.4) is 0 Å². The van der Waals surface area contributed by atoms with E-state index in [0.29, 0.717) is 61.2 Å².